The van der Waals surface area contributed by atoms with E-state index in [1.165, 1.54) is 41.7 Å². The summed E-state index contributed by atoms with van der Waals surface area (Å²) in [5, 5.41) is 0. The number of ether oxygens (including phenoxy) is 1. The van der Waals surface area contributed by atoms with Crippen molar-refractivity contribution in [2.75, 3.05) is 0 Å². The van der Waals surface area contributed by atoms with Crippen molar-refractivity contribution in [3.63, 3.8) is 0 Å². The van der Waals surface area contributed by atoms with E-state index in [9.17, 15) is 23.2 Å². The van der Waals surface area contributed by atoms with Crippen molar-refractivity contribution in [3.05, 3.63) is 74.4 Å². The number of hydrogen-bond acceptors (Lipinski definition) is 5. The van der Waals surface area contributed by atoms with E-state index in [2.05, 4.69) is 9.72 Å². The quantitative estimate of drug-likeness (QED) is 0.415. The Morgan fingerprint density at radius 3 is 2.39 bits per heavy atom. The Balaban J connectivity index is 1.69. The van der Waals surface area contributed by atoms with Gasteiger partial charge in [-0.05, 0) is 44.2 Å². The number of carbonyl (C=O) groups excluding carboxylic acids is 1. The molecule has 33 heavy (non-hydrogen) atoms. The summed E-state index contributed by atoms with van der Waals surface area (Å²) in [7, 11) is 2.88. The molecule has 9 nitrogen and oxygen atoms in total. The van der Waals surface area contributed by atoms with Gasteiger partial charge in [-0.15, -0.1) is 0 Å². The van der Waals surface area contributed by atoms with Crippen molar-refractivity contribution in [2.45, 2.75) is 27.0 Å². The van der Waals surface area contributed by atoms with Gasteiger partial charge in [-0.2, -0.15) is 8.78 Å². The number of aromatic nitrogens is 5. The number of Topliss-reactive ketones (excluding diaryl/α,β-unsaturated/α-hetero) is 1. The first-order valence-corrected chi connectivity index (χ1v) is 9.98. The summed E-state index contributed by atoms with van der Waals surface area (Å²) in [6, 6.07) is 7.84. The maximum absolute atomic E-state index is 13.2. The average Bonchev–Trinajstić information content (AvgIpc) is 3.31. The molecular weight excluding hydrogens is 436 g/mol. The molecule has 3 heterocycles. The fourth-order valence-corrected chi connectivity index (χ4v) is 3.98. The van der Waals surface area contributed by atoms with Gasteiger partial charge in [0.2, 0.25) is 0 Å². The van der Waals surface area contributed by atoms with Gasteiger partial charge in [0.25, 0.3) is 5.56 Å². The third-order valence-corrected chi connectivity index (χ3v) is 5.58. The van der Waals surface area contributed by atoms with Crippen LogP contribution in [-0.4, -0.2) is 35.6 Å². The highest BCUT2D eigenvalue weighted by Crippen LogP contribution is 2.24. The molecule has 0 amide bonds. The van der Waals surface area contributed by atoms with Crippen LogP contribution >= 0.6 is 0 Å². The molecule has 0 saturated carbocycles. The zero-order valence-electron chi connectivity index (χ0n) is 18.4. The van der Waals surface area contributed by atoms with E-state index in [0.29, 0.717) is 16.9 Å². The third kappa shape index (κ3) is 3.75. The van der Waals surface area contributed by atoms with Crippen LogP contribution in [0.5, 0.6) is 5.75 Å². The van der Waals surface area contributed by atoms with Crippen LogP contribution < -0.4 is 16.0 Å². The topological polar surface area (TPSA) is 93.1 Å². The summed E-state index contributed by atoms with van der Waals surface area (Å²) in [5.41, 5.74) is 1.89. The first-order valence-electron chi connectivity index (χ1n) is 9.98. The molecule has 0 aliphatic heterocycles. The van der Waals surface area contributed by atoms with Gasteiger partial charge in [0.05, 0.1) is 12.9 Å². The second-order valence-corrected chi connectivity index (χ2v) is 7.67. The molecule has 172 valence electrons. The van der Waals surface area contributed by atoms with Crippen molar-refractivity contribution in [3.8, 4) is 11.4 Å². The molecular formula is C22H21F2N5O4. The molecule has 0 N–H and O–H groups in total. The number of aryl methyl sites for hydroxylation is 2. The van der Waals surface area contributed by atoms with Crippen LogP contribution in [-0.2, 0) is 20.6 Å². The zero-order chi connectivity index (χ0) is 24.0. The van der Waals surface area contributed by atoms with Gasteiger partial charge in [0.1, 0.15) is 5.75 Å². The lowest BCUT2D eigenvalue weighted by molar-refractivity contribution is -0.0498. The van der Waals surface area contributed by atoms with Gasteiger partial charge >= 0.3 is 12.3 Å². The second kappa shape index (κ2) is 8.15. The fourth-order valence-electron chi connectivity index (χ4n) is 3.98. The van der Waals surface area contributed by atoms with Crippen LogP contribution in [0.4, 0.5) is 8.78 Å². The van der Waals surface area contributed by atoms with Crippen LogP contribution in [0, 0.1) is 13.8 Å². The molecule has 4 rings (SSSR count). The molecule has 3 aromatic heterocycles. The Bertz CT molecular complexity index is 1490. The highest BCUT2D eigenvalue weighted by atomic mass is 19.3. The summed E-state index contributed by atoms with van der Waals surface area (Å²) in [6.07, 6.45) is 1.37. The maximum atomic E-state index is 13.2. The zero-order valence-corrected chi connectivity index (χ0v) is 18.4. The Labute approximate surface area is 186 Å². The summed E-state index contributed by atoms with van der Waals surface area (Å²) in [6.45, 7) is 0.549. The number of imidazole rings is 1. The molecule has 11 heteroatoms. The van der Waals surface area contributed by atoms with Gasteiger partial charge in [0.15, 0.2) is 16.9 Å². The lowest BCUT2D eigenvalue weighted by atomic mass is 10.1. The number of hydrogen-bond donors (Lipinski definition) is 0. The van der Waals surface area contributed by atoms with Crippen molar-refractivity contribution in [2.24, 2.45) is 14.1 Å². The van der Waals surface area contributed by atoms with Gasteiger partial charge in [0, 0.05) is 36.7 Å². The molecule has 0 saturated heterocycles. The number of carbonyl (C=O) groups is 1. The van der Waals surface area contributed by atoms with Crippen LogP contribution in [0.25, 0.3) is 16.9 Å². The predicted molar refractivity (Wildman–Crippen MR) is 116 cm³/mol. The standard InChI is InChI=1S/C22H21F2N5O4/c1-12-9-16(13(2)29(12)14-5-7-15(8-6-14)33-21(23)24)17(30)10-28-11-25-19-18(28)20(31)27(4)22(32)26(19)3/h5-9,11,21H,10H2,1-4H3. The van der Waals surface area contributed by atoms with E-state index in [0.717, 1.165) is 10.3 Å². The summed E-state index contributed by atoms with van der Waals surface area (Å²) in [5.74, 6) is -0.210. The van der Waals surface area contributed by atoms with Gasteiger partial charge in [-0.3, -0.25) is 18.7 Å². The monoisotopic (exact) mass is 457 g/mol. The molecule has 0 spiro atoms. The SMILES string of the molecule is Cc1cc(C(=O)Cn2cnc3c2c(=O)n(C)c(=O)n3C)c(C)n1-c1ccc(OC(F)F)cc1. The van der Waals surface area contributed by atoms with Crippen molar-refractivity contribution in [1.82, 2.24) is 23.3 Å². The fraction of sp³-hybridized carbons (Fsp3) is 0.273. The number of nitrogens with zero attached hydrogens (tertiary/aromatic N) is 5. The summed E-state index contributed by atoms with van der Waals surface area (Å²) < 4.78 is 34.7. The van der Waals surface area contributed by atoms with E-state index >= 15 is 0 Å². The minimum atomic E-state index is -2.91. The molecule has 1 aromatic carbocycles. The lowest BCUT2D eigenvalue weighted by Gasteiger charge is -2.11. The Morgan fingerprint density at radius 2 is 1.76 bits per heavy atom. The molecule has 0 unspecified atom stereocenters. The van der Waals surface area contributed by atoms with Gasteiger partial charge in [-0.1, -0.05) is 0 Å². The smallest absolute Gasteiger partial charge is 0.387 e. The second-order valence-electron chi connectivity index (χ2n) is 7.67. The predicted octanol–water partition coefficient (Wildman–Crippen LogP) is 2.33. The third-order valence-electron chi connectivity index (χ3n) is 5.58. The highest BCUT2D eigenvalue weighted by molar-refractivity contribution is 5.98. The number of rotatable bonds is 6. The van der Waals surface area contributed by atoms with Crippen LogP contribution in [0.1, 0.15) is 21.7 Å². The average molecular weight is 457 g/mol. The van der Waals surface area contributed by atoms with Crippen LogP contribution in [0.15, 0.2) is 46.2 Å². The van der Waals surface area contributed by atoms with E-state index in [1.807, 2.05) is 11.5 Å². The normalized spacial score (nSPS) is 11.5. The molecule has 0 radical (unpaired) electrons. The van der Waals surface area contributed by atoms with Gasteiger partial charge in [-0.25, -0.2) is 9.78 Å². The number of alkyl halides is 2. The minimum Gasteiger partial charge on any atom is -0.435 e. The van der Waals surface area contributed by atoms with Crippen LogP contribution in [0.2, 0.25) is 0 Å². The minimum absolute atomic E-state index is 0.0375. The highest BCUT2D eigenvalue weighted by Gasteiger charge is 2.20. The molecule has 0 atom stereocenters. The number of benzene rings is 1. The number of fused-ring (bicyclic) bond motifs is 1. The van der Waals surface area contributed by atoms with Crippen molar-refractivity contribution >= 4 is 16.9 Å². The van der Waals surface area contributed by atoms with E-state index in [1.54, 1.807) is 25.1 Å². The Morgan fingerprint density at radius 1 is 1.09 bits per heavy atom. The molecule has 0 aliphatic rings. The first-order chi connectivity index (χ1) is 15.6. The first kappa shape index (κ1) is 22.2. The Hall–Kier alpha value is -4.02. The molecule has 0 aliphatic carbocycles. The van der Waals surface area contributed by atoms with Crippen LogP contribution in [0.3, 0.4) is 0 Å². The molecule has 0 bridgehead atoms. The molecule has 0 fully saturated rings. The summed E-state index contributed by atoms with van der Waals surface area (Å²) in [4.78, 5) is 42.0. The van der Waals surface area contributed by atoms with Gasteiger partial charge < -0.3 is 13.9 Å². The maximum Gasteiger partial charge on any atom is 0.387 e. The van der Waals surface area contributed by atoms with E-state index in [4.69, 9.17) is 0 Å². The Kier molecular flexibility index (Phi) is 5.48. The lowest BCUT2D eigenvalue weighted by Crippen LogP contribution is -2.37. The largest absolute Gasteiger partial charge is 0.435 e. The van der Waals surface area contributed by atoms with E-state index in [-0.39, 0.29) is 29.2 Å². The van der Waals surface area contributed by atoms with E-state index < -0.39 is 17.9 Å². The number of ketones is 1. The van der Waals surface area contributed by atoms with Crippen molar-refractivity contribution in [1.29, 1.82) is 0 Å². The summed E-state index contributed by atoms with van der Waals surface area (Å²) >= 11 is 0. The molecule has 4 aromatic rings. The van der Waals surface area contributed by atoms with Crippen molar-refractivity contribution < 1.29 is 18.3 Å². The number of halogens is 2.